The SMILES string of the molecule is CNC(Cc1cccc(Cl)c1)c1cnn2ccncc12. The van der Waals surface area contributed by atoms with Crippen molar-refractivity contribution in [2.75, 3.05) is 7.05 Å². The lowest BCUT2D eigenvalue weighted by atomic mass is 10.0. The second-order valence-electron chi connectivity index (χ2n) is 4.68. The van der Waals surface area contributed by atoms with Crippen molar-refractivity contribution >= 4 is 17.1 Å². The molecule has 3 aromatic rings. The van der Waals surface area contributed by atoms with E-state index in [4.69, 9.17) is 11.6 Å². The average Bonchev–Trinajstić information content (AvgIpc) is 2.89. The number of aromatic nitrogens is 3. The molecule has 0 bridgehead atoms. The highest BCUT2D eigenvalue weighted by atomic mass is 35.5. The van der Waals surface area contributed by atoms with Gasteiger partial charge in [0.05, 0.1) is 17.9 Å². The summed E-state index contributed by atoms with van der Waals surface area (Å²) in [5, 5.41) is 8.46. The lowest BCUT2D eigenvalue weighted by Crippen LogP contribution is -2.18. The molecule has 1 atom stereocenters. The highest BCUT2D eigenvalue weighted by Crippen LogP contribution is 2.23. The van der Waals surface area contributed by atoms with E-state index in [2.05, 4.69) is 21.5 Å². The van der Waals surface area contributed by atoms with Crippen molar-refractivity contribution in [1.29, 1.82) is 0 Å². The first-order valence-corrected chi connectivity index (χ1v) is 6.84. The monoisotopic (exact) mass is 286 g/mol. The van der Waals surface area contributed by atoms with E-state index in [1.165, 1.54) is 5.56 Å². The normalized spacial score (nSPS) is 12.7. The zero-order valence-electron chi connectivity index (χ0n) is 11.1. The fourth-order valence-corrected chi connectivity index (χ4v) is 2.60. The van der Waals surface area contributed by atoms with Crippen molar-refractivity contribution in [3.05, 3.63) is 65.2 Å². The van der Waals surface area contributed by atoms with Gasteiger partial charge in [0.1, 0.15) is 0 Å². The van der Waals surface area contributed by atoms with Gasteiger partial charge in [-0.1, -0.05) is 23.7 Å². The maximum atomic E-state index is 6.04. The van der Waals surface area contributed by atoms with Crippen molar-refractivity contribution in [1.82, 2.24) is 19.9 Å². The third-order valence-corrected chi connectivity index (χ3v) is 3.64. The molecule has 3 rings (SSSR count). The fourth-order valence-electron chi connectivity index (χ4n) is 2.39. The second-order valence-corrected chi connectivity index (χ2v) is 5.12. The summed E-state index contributed by atoms with van der Waals surface area (Å²) in [4.78, 5) is 4.17. The van der Waals surface area contributed by atoms with E-state index in [9.17, 15) is 0 Å². The number of benzene rings is 1. The summed E-state index contributed by atoms with van der Waals surface area (Å²) in [5.41, 5.74) is 3.36. The van der Waals surface area contributed by atoms with Crippen LogP contribution in [0.2, 0.25) is 5.02 Å². The number of likely N-dealkylation sites (N-methyl/N-ethyl adjacent to an activating group) is 1. The van der Waals surface area contributed by atoms with Gasteiger partial charge >= 0.3 is 0 Å². The number of fused-ring (bicyclic) bond motifs is 1. The van der Waals surface area contributed by atoms with Crippen LogP contribution in [0.3, 0.4) is 0 Å². The molecule has 2 heterocycles. The number of hydrogen-bond acceptors (Lipinski definition) is 3. The Morgan fingerprint density at radius 3 is 3.05 bits per heavy atom. The van der Waals surface area contributed by atoms with Crippen molar-refractivity contribution < 1.29 is 0 Å². The maximum Gasteiger partial charge on any atom is 0.0892 e. The van der Waals surface area contributed by atoms with Gasteiger partial charge in [0.2, 0.25) is 0 Å². The molecule has 0 aliphatic carbocycles. The van der Waals surface area contributed by atoms with Crippen molar-refractivity contribution in [2.24, 2.45) is 0 Å². The smallest absolute Gasteiger partial charge is 0.0892 e. The van der Waals surface area contributed by atoms with Crippen LogP contribution >= 0.6 is 11.6 Å². The summed E-state index contributed by atoms with van der Waals surface area (Å²) in [5.74, 6) is 0. The summed E-state index contributed by atoms with van der Waals surface area (Å²) < 4.78 is 1.84. The molecule has 2 aromatic heterocycles. The molecular formula is C15H15ClN4. The highest BCUT2D eigenvalue weighted by molar-refractivity contribution is 6.30. The molecule has 4 nitrogen and oxygen atoms in total. The van der Waals surface area contributed by atoms with Crippen LogP contribution in [0.1, 0.15) is 17.2 Å². The minimum Gasteiger partial charge on any atom is -0.313 e. The lowest BCUT2D eigenvalue weighted by Gasteiger charge is -2.15. The summed E-state index contributed by atoms with van der Waals surface area (Å²) in [6.07, 6.45) is 8.17. The second kappa shape index (κ2) is 5.61. The Balaban J connectivity index is 1.93. The molecule has 0 aliphatic rings. The molecule has 0 saturated carbocycles. The zero-order valence-corrected chi connectivity index (χ0v) is 11.9. The number of nitrogens with one attached hydrogen (secondary N) is 1. The number of nitrogens with zero attached hydrogens (tertiary/aromatic N) is 3. The van der Waals surface area contributed by atoms with Crippen LogP contribution in [0.15, 0.2) is 49.1 Å². The van der Waals surface area contributed by atoms with Gasteiger partial charge in [-0.15, -0.1) is 0 Å². The van der Waals surface area contributed by atoms with Gasteiger partial charge < -0.3 is 5.32 Å². The molecule has 0 aliphatic heterocycles. The molecule has 1 unspecified atom stereocenters. The highest BCUT2D eigenvalue weighted by Gasteiger charge is 2.15. The van der Waals surface area contributed by atoms with Crippen LogP contribution < -0.4 is 5.32 Å². The number of halogens is 1. The number of rotatable bonds is 4. The zero-order chi connectivity index (χ0) is 13.9. The average molecular weight is 287 g/mol. The lowest BCUT2D eigenvalue weighted by molar-refractivity contribution is 0.596. The predicted molar refractivity (Wildman–Crippen MR) is 79.9 cm³/mol. The van der Waals surface area contributed by atoms with Crippen LogP contribution in [-0.4, -0.2) is 21.6 Å². The Kier molecular flexibility index (Phi) is 3.67. The Hall–Kier alpha value is -1.91. The van der Waals surface area contributed by atoms with E-state index in [1.54, 1.807) is 6.20 Å². The molecule has 102 valence electrons. The first kappa shape index (κ1) is 13.1. The third-order valence-electron chi connectivity index (χ3n) is 3.41. The molecule has 20 heavy (non-hydrogen) atoms. The molecule has 1 N–H and O–H groups in total. The third kappa shape index (κ3) is 2.53. The molecule has 0 amide bonds. The van der Waals surface area contributed by atoms with E-state index < -0.39 is 0 Å². The van der Waals surface area contributed by atoms with Crippen LogP contribution in [-0.2, 0) is 6.42 Å². The van der Waals surface area contributed by atoms with Crippen LogP contribution in [0, 0.1) is 0 Å². The fraction of sp³-hybridized carbons (Fsp3) is 0.200. The standard InChI is InChI=1S/C15H15ClN4/c1-17-14(8-11-3-2-4-12(16)7-11)13-9-19-20-6-5-18-10-15(13)20/h2-7,9-10,14,17H,8H2,1H3. The van der Waals surface area contributed by atoms with Gasteiger partial charge in [-0.25, -0.2) is 4.52 Å². The topological polar surface area (TPSA) is 42.2 Å². The predicted octanol–water partition coefficient (Wildman–Crippen LogP) is 2.89. The van der Waals surface area contributed by atoms with E-state index >= 15 is 0 Å². The molecule has 0 saturated heterocycles. The van der Waals surface area contributed by atoms with Gasteiger partial charge in [-0.05, 0) is 31.2 Å². The van der Waals surface area contributed by atoms with Crippen molar-refractivity contribution in [3.8, 4) is 0 Å². The maximum absolute atomic E-state index is 6.04. The minimum atomic E-state index is 0.176. The quantitative estimate of drug-likeness (QED) is 0.802. The van der Waals surface area contributed by atoms with Gasteiger partial charge in [0, 0.05) is 29.0 Å². The van der Waals surface area contributed by atoms with Crippen LogP contribution in [0.25, 0.3) is 5.52 Å². The molecule has 0 fully saturated rings. The molecular weight excluding hydrogens is 272 g/mol. The van der Waals surface area contributed by atoms with Crippen LogP contribution in [0.5, 0.6) is 0 Å². The molecule has 1 aromatic carbocycles. The summed E-state index contributed by atoms with van der Waals surface area (Å²) >= 11 is 6.04. The Morgan fingerprint density at radius 1 is 1.35 bits per heavy atom. The van der Waals surface area contributed by atoms with Gasteiger partial charge in [-0.3, -0.25) is 4.98 Å². The summed E-state index contributed by atoms with van der Waals surface area (Å²) in [6.45, 7) is 0. The largest absolute Gasteiger partial charge is 0.313 e. The van der Waals surface area contributed by atoms with E-state index in [-0.39, 0.29) is 6.04 Å². The molecule has 0 spiro atoms. The molecule has 5 heteroatoms. The van der Waals surface area contributed by atoms with Crippen molar-refractivity contribution in [3.63, 3.8) is 0 Å². The Bertz CT molecular complexity index is 722. The molecule has 0 radical (unpaired) electrons. The minimum absolute atomic E-state index is 0.176. The Morgan fingerprint density at radius 2 is 2.25 bits per heavy atom. The van der Waals surface area contributed by atoms with Crippen LogP contribution in [0.4, 0.5) is 0 Å². The summed E-state index contributed by atoms with van der Waals surface area (Å²) in [6, 6.07) is 8.12. The van der Waals surface area contributed by atoms with Gasteiger partial charge in [-0.2, -0.15) is 5.10 Å². The van der Waals surface area contributed by atoms with Gasteiger partial charge in [0.25, 0.3) is 0 Å². The Labute approximate surface area is 122 Å². The van der Waals surface area contributed by atoms with Crippen molar-refractivity contribution in [2.45, 2.75) is 12.5 Å². The first-order valence-electron chi connectivity index (χ1n) is 6.47. The van der Waals surface area contributed by atoms with Gasteiger partial charge in [0.15, 0.2) is 0 Å². The first-order chi connectivity index (χ1) is 9.78. The van der Waals surface area contributed by atoms with E-state index in [0.717, 1.165) is 22.5 Å². The number of hydrogen-bond donors (Lipinski definition) is 1. The van der Waals surface area contributed by atoms with E-state index in [1.807, 2.05) is 48.4 Å². The summed E-state index contributed by atoms with van der Waals surface area (Å²) in [7, 11) is 1.95. The van der Waals surface area contributed by atoms with E-state index in [0.29, 0.717) is 0 Å².